The van der Waals surface area contributed by atoms with Gasteiger partial charge in [-0.2, -0.15) is 0 Å². The van der Waals surface area contributed by atoms with Crippen LogP contribution >= 0.6 is 11.8 Å². The quantitative estimate of drug-likeness (QED) is 0.621. The SMILES string of the molecule is CCCSC1(C(C)(C)C2=CCC=C2)CC=CC=C1C. The second kappa shape index (κ2) is 5.75. The lowest BCUT2D eigenvalue weighted by molar-refractivity contribution is 0.349. The maximum Gasteiger partial charge on any atom is 0.0493 e. The third-order valence-corrected chi connectivity index (χ3v) is 6.68. The van der Waals surface area contributed by atoms with Crippen molar-refractivity contribution in [1.29, 1.82) is 0 Å². The van der Waals surface area contributed by atoms with Crippen molar-refractivity contribution in [1.82, 2.24) is 0 Å². The number of rotatable bonds is 5. The average Bonchev–Trinajstić information content (AvgIpc) is 2.92. The molecule has 104 valence electrons. The van der Waals surface area contributed by atoms with Crippen LogP contribution in [0.15, 0.2) is 47.6 Å². The van der Waals surface area contributed by atoms with Crippen molar-refractivity contribution in [2.45, 2.75) is 51.7 Å². The lowest BCUT2D eigenvalue weighted by Crippen LogP contribution is -2.44. The molecule has 0 amide bonds. The molecular formula is C18H26S. The number of hydrogen-bond donors (Lipinski definition) is 0. The summed E-state index contributed by atoms with van der Waals surface area (Å²) in [5.74, 6) is 1.24. The maximum atomic E-state index is 2.42. The second-order valence-corrected chi connectivity index (χ2v) is 7.47. The molecule has 0 N–H and O–H groups in total. The summed E-state index contributed by atoms with van der Waals surface area (Å²) >= 11 is 2.15. The Hall–Kier alpha value is -0.690. The van der Waals surface area contributed by atoms with E-state index in [1.807, 2.05) is 0 Å². The zero-order valence-electron chi connectivity index (χ0n) is 12.7. The van der Waals surface area contributed by atoms with Gasteiger partial charge in [0, 0.05) is 10.2 Å². The van der Waals surface area contributed by atoms with E-state index >= 15 is 0 Å². The lowest BCUT2D eigenvalue weighted by atomic mass is 9.67. The highest BCUT2D eigenvalue weighted by Crippen LogP contribution is 2.55. The average molecular weight is 274 g/mol. The second-order valence-electron chi connectivity index (χ2n) is 6.08. The van der Waals surface area contributed by atoms with Gasteiger partial charge in [0.1, 0.15) is 0 Å². The molecule has 0 nitrogen and oxygen atoms in total. The molecule has 0 aromatic heterocycles. The van der Waals surface area contributed by atoms with Gasteiger partial charge in [0.25, 0.3) is 0 Å². The molecule has 1 heteroatoms. The summed E-state index contributed by atoms with van der Waals surface area (Å²) in [6, 6.07) is 0. The number of allylic oxidation sites excluding steroid dienone is 7. The van der Waals surface area contributed by atoms with Crippen LogP contribution in [0, 0.1) is 5.41 Å². The minimum atomic E-state index is 0.186. The highest BCUT2D eigenvalue weighted by Gasteiger charge is 2.47. The molecule has 1 unspecified atom stereocenters. The van der Waals surface area contributed by atoms with Crippen LogP contribution in [0.1, 0.15) is 47.0 Å². The molecule has 0 heterocycles. The minimum absolute atomic E-state index is 0.186. The Bertz CT molecular complexity index is 448. The van der Waals surface area contributed by atoms with Gasteiger partial charge in [-0.3, -0.25) is 0 Å². The maximum absolute atomic E-state index is 2.42. The summed E-state index contributed by atoms with van der Waals surface area (Å²) in [4.78, 5) is 0. The molecule has 19 heavy (non-hydrogen) atoms. The van der Waals surface area contributed by atoms with Gasteiger partial charge in [-0.15, -0.1) is 11.8 Å². The van der Waals surface area contributed by atoms with Gasteiger partial charge in [0.05, 0.1) is 0 Å². The molecule has 0 saturated carbocycles. The van der Waals surface area contributed by atoms with Crippen molar-refractivity contribution in [2.75, 3.05) is 5.75 Å². The molecular weight excluding hydrogens is 248 g/mol. The van der Waals surface area contributed by atoms with Gasteiger partial charge < -0.3 is 0 Å². The van der Waals surface area contributed by atoms with Gasteiger partial charge in [-0.25, -0.2) is 0 Å². The van der Waals surface area contributed by atoms with Crippen molar-refractivity contribution < 1.29 is 0 Å². The first-order valence-corrected chi connectivity index (χ1v) is 8.38. The van der Waals surface area contributed by atoms with E-state index in [1.54, 1.807) is 0 Å². The topological polar surface area (TPSA) is 0 Å². The largest absolute Gasteiger partial charge is 0.149 e. The van der Waals surface area contributed by atoms with Crippen LogP contribution in [0.4, 0.5) is 0 Å². The summed E-state index contributed by atoms with van der Waals surface area (Å²) in [6.45, 7) is 9.44. The molecule has 2 rings (SSSR count). The third-order valence-electron chi connectivity index (χ3n) is 4.58. The fourth-order valence-corrected chi connectivity index (χ4v) is 4.82. The Morgan fingerprint density at radius 1 is 1.32 bits per heavy atom. The van der Waals surface area contributed by atoms with E-state index in [1.165, 1.54) is 23.3 Å². The van der Waals surface area contributed by atoms with Crippen molar-refractivity contribution in [3.05, 3.63) is 47.6 Å². The van der Waals surface area contributed by atoms with E-state index in [-0.39, 0.29) is 10.2 Å². The van der Waals surface area contributed by atoms with E-state index in [2.05, 4.69) is 75.9 Å². The van der Waals surface area contributed by atoms with Crippen molar-refractivity contribution in [3.63, 3.8) is 0 Å². The van der Waals surface area contributed by atoms with E-state index in [0.717, 1.165) is 12.8 Å². The van der Waals surface area contributed by atoms with Gasteiger partial charge in [-0.05, 0) is 37.5 Å². The fourth-order valence-electron chi connectivity index (χ4n) is 3.27. The first kappa shape index (κ1) is 14.7. The summed E-state index contributed by atoms with van der Waals surface area (Å²) in [5.41, 5.74) is 3.23. The monoisotopic (exact) mass is 274 g/mol. The zero-order chi connectivity index (χ0) is 13.9. The Morgan fingerprint density at radius 3 is 2.68 bits per heavy atom. The van der Waals surface area contributed by atoms with Gasteiger partial charge in [0.15, 0.2) is 0 Å². The molecule has 0 saturated heterocycles. The molecule has 0 radical (unpaired) electrons. The molecule has 0 spiro atoms. The van der Waals surface area contributed by atoms with E-state index < -0.39 is 0 Å². The first-order chi connectivity index (χ1) is 9.04. The third kappa shape index (κ3) is 2.50. The normalized spacial score (nSPS) is 26.5. The Kier molecular flexibility index (Phi) is 4.45. The van der Waals surface area contributed by atoms with Gasteiger partial charge in [0.2, 0.25) is 0 Å². The summed E-state index contributed by atoms with van der Waals surface area (Å²) in [6.07, 6.45) is 17.4. The Morgan fingerprint density at radius 2 is 2.11 bits per heavy atom. The van der Waals surface area contributed by atoms with E-state index in [0.29, 0.717) is 0 Å². The number of hydrogen-bond acceptors (Lipinski definition) is 1. The highest BCUT2D eigenvalue weighted by atomic mass is 32.2. The first-order valence-electron chi connectivity index (χ1n) is 7.39. The molecule has 0 aliphatic heterocycles. The molecule has 0 aromatic rings. The van der Waals surface area contributed by atoms with Crippen LogP contribution in [-0.4, -0.2) is 10.5 Å². The number of thioether (sulfide) groups is 1. The Labute approximate surface area is 122 Å². The standard InChI is InChI=1S/C18H26S/c1-5-14-19-18(13-9-8-10-15(18)2)17(3,4)16-11-6-7-12-16/h6,8-12H,5,7,13-14H2,1-4H3. The molecule has 0 fully saturated rings. The molecule has 2 aliphatic rings. The molecule has 0 aromatic carbocycles. The van der Waals surface area contributed by atoms with E-state index in [4.69, 9.17) is 0 Å². The van der Waals surface area contributed by atoms with Crippen LogP contribution < -0.4 is 0 Å². The predicted molar refractivity (Wildman–Crippen MR) is 88.6 cm³/mol. The van der Waals surface area contributed by atoms with E-state index in [9.17, 15) is 0 Å². The van der Waals surface area contributed by atoms with Gasteiger partial charge >= 0.3 is 0 Å². The zero-order valence-corrected chi connectivity index (χ0v) is 13.5. The molecule has 0 bridgehead atoms. The van der Waals surface area contributed by atoms with Crippen LogP contribution in [-0.2, 0) is 0 Å². The van der Waals surface area contributed by atoms with Crippen LogP contribution in [0.2, 0.25) is 0 Å². The van der Waals surface area contributed by atoms with Crippen LogP contribution in [0.3, 0.4) is 0 Å². The van der Waals surface area contributed by atoms with Crippen LogP contribution in [0.5, 0.6) is 0 Å². The minimum Gasteiger partial charge on any atom is -0.149 e. The van der Waals surface area contributed by atoms with Crippen molar-refractivity contribution in [2.24, 2.45) is 5.41 Å². The smallest absolute Gasteiger partial charge is 0.0493 e. The summed E-state index contributed by atoms with van der Waals surface area (Å²) in [7, 11) is 0. The predicted octanol–water partition coefficient (Wildman–Crippen LogP) is 5.69. The van der Waals surface area contributed by atoms with Crippen molar-refractivity contribution >= 4 is 11.8 Å². The summed E-state index contributed by atoms with van der Waals surface area (Å²) in [5, 5.41) is 0. The summed E-state index contributed by atoms with van der Waals surface area (Å²) < 4.78 is 0.221. The molecule has 1 atom stereocenters. The van der Waals surface area contributed by atoms with Gasteiger partial charge in [-0.1, -0.05) is 62.8 Å². The molecule has 2 aliphatic carbocycles. The fraction of sp³-hybridized carbons (Fsp3) is 0.556. The van der Waals surface area contributed by atoms with Crippen LogP contribution in [0.25, 0.3) is 0 Å². The lowest BCUT2D eigenvalue weighted by Gasteiger charge is -2.49. The van der Waals surface area contributed by atoms with Crippen molar-refractivity contribution in [3.8, 4) is 0 Å². The Balaban J connectivity index is 2.40. The highest BCUT2D eigenvalue weighted by molar-refractivity contribution is 8.00.